The van der Waals surface area contributed by atoms with Gasteiger partial charge < -0.3 is 14.8 Å². The minimum Gasteiger partial charge on any atom is -0.497 e. The molecule has 2 aromatic rings. The van der Waals surface area contributed by atoms with Gasteiger partial charge >= 0.3 is 0 Å². The van der Waals surface area contributed by atoms with E-state index >= 15 is 0 Å². The van der Waals surface area contributed by atoms with Gasteiger partial charge in [-0.15, -0.1) is 0 Å². The van der Waals surface area contributed by atoms with Crippen LogP contribution in [0.4, 0.5) is 11.4 Å². The highest BCUT2D eigenvalue weighted by atomic mass is 35.5. The molecule has 0 aliphatic rings. The molecule has 0 saturated carbocycles. The van der Waals surface area contributed by atoms with Crippen LogP contribution in [-0.2, 0) is 4.79 Å². The maximum absolute atomic E-state index is 12.4. The van der Waals surface area contributed by atoms with Crippen molar-refractivity contribution in [1.29, 1.82) is 0 Å². The molecule has 25 heavy (non-hydrogen) atoms. The van der Waals surface area contributed by atoms with Gasteiger partial charge in [-0.3, -0.25) is 14.9 Å². The van der Waals surface area contributed by atoms with Crippen LogP contribution >= 0.6 is 11.6 Å². The van der Waals surface area contributed by atoms with Crippen LogP contribution in [0.3, 0.4) is 0 Å². The predicted octanol–water partition coefficient (Wildman–Crippen LogP) is 4.05. The first kappa shape index (κ1) is 18.5. The summed E-state index contributed by atoms with van der Waals surface area (Å²) in [6, 6.07) is 10.7. The summed E-state index contributed by atoms with van der Waals surface area (Å²) in [5.74, 6) is 0.633. The lowest BCUT2D eigenvalue weighted by atomic mass is 10.2. The lowest BCUT2D eigenvalue weighted by Gasteiger charge is -2.18. The highest BCUT2D eigenvalue weighted by Gasteiger charge is 2.21. The zero-order valence-corrected chi connectivity index (χ0v) is 14.4. The molecule has 0 aromatic heterocycles. The van der Waals surface area contributed by atoms with E-state index in [4.69, 9.17) is 21.1 Å². The quantitative estimate of drug-likeness (QED) is 0.591. The van der Waals surface area contributed by atoms with E-state index in [0.29, 0.717) is 17.9 Å². The molecule has 0 fully saturated rings. The predicted molar refractivity (Wildman–Crippen MR) is 94.4 cm³/mol. The van der Waals surface area contributed by atoms with E-state index in [-0.39, 0.29) is 16.4 Å². The molecule has 2 rings (SSSR count). The van der Waals surface area contributed by atoms with Crippen LogP contribution in [0, 0.1) is 10.1 Å². The molecule has 7 nitrogen and oxygen atoms in total. The van der Waals surface area contributed by atoms with Crippen molar-refractivity contribution in [3.8, 4) is 11.5 Å². The average Bonchev–Trinajstić information content (AvgIpc) is 2.61. The van der Waals surface area contributed by atoms with Gasteiger partial charge in [0.15, 0.2) is 6.10 Å². The van der Waals surface area contributed by atoms with Gasteiger partial charge in [0.1, 0.15) is 11.5 Å². The van der Waals surface area contributed by atoms with Crippen molar-refractivity contribution in [2.75, 3.05) is 12.4 Å². The fourth-order valence-corrected chi connectivity index (χ4v) is 2.26. The number of rotatable bonds is 7. The smallest absolute Gasteiger partial charge is 0.271 e. The first-order valence-corrected chi connectivity index (χ1v) is 7.88. The molecule has 1 unspecified atom stereocenters. The Morgan fingerprint density at radius 3 is 2.64 bits per heavy atom. The topological polar surface area (TPSA) is 90.7 Å². The third-order valence-electron chi connectivity index (χ3n) is 3.40. The molecule has 0 saturated heterocycles. The lowest BCUT2D eigenvalue weighted by Crippen LogP contribution is -2.32. The zero-order chi connectivity index (χ0) is 18.4. The van der Waals surface area contributed by atoms with Crippen molar-refractivity contribution in [2.45, 2.75) is 19.4 Å². The highest BCUT2D eigenvalue weighted by Crippen LogP contribution is 2.27. The molecule has 8 heteroatoms. The van der Waals surface area contributed by atoms with Crippen LogP contribution in [-0.4, -0.2) is 24.0 Å². The maximum atomic E-state index is 12.4. The number of anilines is 1. The second kappa shape index (κ2) is 8.34. The molecule has 0 radical (unpaired) electrons. The summed E-state index contributed by atoms with van der Waals surface area (Å²) in [4.78, 5) is 22.7. The molecule has 1 amide bonds. The number of carbonyl (C=O) groups is 1. The number of hydrogen-bond donors (Lipinski definition) is 1. The Morgan fingerprint density at radius 2 is 2.00 bits per heavy atom. The van der Waals surface area contributed by atoms with E-state index in [1.807, 2.05) is 0 Å². The van der Waals surface area contributed by atoms with Crippen LogP contribution in [0.5, 0.6) is 11.5 Å². The second-order valence-electron chi connectivity index (χ2n) is 5.10. The summed E-state index contributed by atoms with van der Waals surface area (Å²) in [7, 11) is 1.54. The Bertz CT molecular complexity index is 781. The number of benzene rings is 2. The van der Waals surface area contributed by atoms with Gasteiger partial charge in [0.25, 0.3) is 11.6 Å². The van der Waals surface area contributed by atoms with E-state index in [0.717, 1.165) is 0 Å². The number of nitro benzene ring substituents is 1. The maximum Gasteiger partial charge on any atom is 0.271 e. The Kier molecular flexibility index (Phi) is 6.19. The number of amides is 1. The Labute approximate surface area is 149 Å². The molecule has 1 N–H and O–H groups in total. The molecule has 132 valence electrons. The lowest BCUT2D eigenvalue weighted by molar-refractivity contribution is -0.384. The molecular weight excluding hydrogens is 348 g/mol. The van der Waals surface area contributed by atoms with Crippen LogP contribution in [0.1, 0.15) is 13.3 Å². The van der Waals surface area contributed by atoms with Crippen LogP contribution in [0.15, 0.2) is 42.5 Å². The highest BCUT2D eigenvalue weighted by molar-refractivity contribution is 6.33. The van der Waals surface area contributed by atoms with Crippen molar-refractivity contribution >= 4 is 28.9 Å². The molecule has 0 aliphatic heterocycles. The molecule has 0 bridgehead atoms. The van der Waals surface area contributed by atoms with Gasteiger partial charge in [-0.1, -0.05) is 24.6 Å². The van der Waals surface area contributed by atoms with Crippen LogP contribution in [0.25, 0.3) is 0 Å². The summed E-state index contributed by atoms with van der Waals surface area (Å²) >= 11 is 6.00. The number of methoxy groups -OCH3 is 1. The largest absolute Gasteiger partial charge is 0.497 e. The van der Waals surface area contributed by atoms with Gasteiger partial charge in [0.05, 0.1) is 22.7 Å². The number of nitro groups is 1. The van der Waals surface area contributed by atoms with Crippen molar-refractivity contribution in [1.82, 2.24) is 0 Å². The number of carbonyl (C=O) groups excluding carboxylic acids is 1. The van der Waals surface area contributed by atoms with Gasteiger partial charge in [-0.25, -0.2) is 0 Å². The summed E-state index contributed by atoms with van der Waals surface area (Å²) < 4.78 is 10.8. The molecular formula is C17H17ClN2O5. The van der Waals surface area contributed by atoms with E-state index in [1.165, 1.54) is 25.3 Å². The fourth-order valence-electron chi connectivity index (χ4n) is 2.10. The Balaban J connectivity index is 2.14. The SMILES string of the molecule is CCC(Oc1cccc(OC)c1)C(=O)Nc1cc([N+](=O)[O-])ccc1Cl. The van der Waals surface area contributed by atoms with Gasteiger partial charge in [-0.05, 0) is 24.6 Å². The number of halogens is 1. The van der Waals surface area contributed by atoms with Gasteiger partial charge in [0, 0.05) is 18.2 Å². The standard InChI is InChI=1S/C17H17ClN2O5/c1-3-16(25-13-6-4-5-12(10-13)24-2)17(21)19-15-9-11(20(22)23)7-8-14(15)18/h4-10,16H,3H2,1-2H3,(H,19,21). The number of nitrogens with one attached hydrogen (secondary N) is 1. The molecule has 0 heterocycles. The van der Waals surface area contributed by atoms with Gasteiger partial charge in [0.2, 0.25) is 0 Å². The number of non-ortho nitro benzene ring substituents is 1. The monoisotopic (exact) mass is 364 g/mol. The molecule has 1 atom stereocenters. The first-order valence-electron chi connectivity index (χ1n) is 7.50. The average molecular weight is 365 g/mol. The Morgan fingerprint density at radius 1 is 1.28 bits per heavy atom. The summed E-state index contributed by atoms with van der Waals surface area (Å²) in [5.41, 5.74) is -0.00461. The van der Waals surface area contributed by atoms with Gasteiger partial charge in [-0.2, -0.15) is 0 Å². The minimum absolute atomic E-state index is 0.161. The van der Waals surface area contributed by atoms with E-state index in [1.54, 1.807) is 31.2 Å². The van der Waals surface area contributed by atoms with Crippen molar-refractivity contribution in [2.24, 2.45) is 0 Å². The second-order valence-corrected chi connectivity index (χ2v) is 5.51. The summed E-state index contributed by atoms with van der Waals surface area (Å²) in [6.45, 7) is 1.79. The minimum atomic E-state index is -0.789. The number of ether oxygens (including phenoxy) is 2. The normalized spacial score (nSPS) is 11.5. The van der Waals surface area contributed by atoms with Crippen molar-refractivity contribution in [3.63, 3.8) is 0 Å². The summed E-state index contributed by atoms with van der Waals surface area (Å²) in [5, 5.41) is 13.6. The van der Waals surface area contributed by atoms with Crippen LogP contribution in [0.2, 0.25) is 5.02 Å². The summed E-state index contributed by atoms with van der Waals surface area (Å²) in [6.07, 6.45) is -0.391. The number of nitrogens with zero attached hydrogens (tertiary/aromatic N) is 1. The van der Waals surface area contributed by atoms with Crippen molar-refractivity contribution < 1.29 is 19.2 Å². The third kappa shape index (κ3) is 4.84. The number of hydrogen-bond acceptors (Lipinski definition) is 5. The molecule has 2 aromatic carbocycles. The van der Waals surface area contributed by atoms with Crippen molar-refractivity contribution in [3.05, 3.63) is 57.6 Å². The van der Waals surface area contributed by atoms with E-state index in [2.05, 4.69) is 5.32 Å². The Hall–Kier alpha value is -2.80. The fraction of sp³-hybridized carbons (Fsp3) is 0.235. The third-order valence-corrected chi connectivity index (χ3v) is 3.73. The zero-order valence-electron chi connectivity index (χ0n) is 13.7. The van der Waals surface area contributed by atoms with Crippen LogP contribution < -0.4 is 14.8 Å². The van der Waals surface area contributed by atoms with E-state index in [9.17, 15) is 14.9 Å². The first-order chi connectivity index (χ1) is 11.9. The molecule has 0 spiro atoms. The van der Waals surface area contributed by atoms with E-state index < -0.39 is 16.9 Å². The molecule has 0 aliphatic carbocycles.